The summed E-state index contributed by atoms with van der Waals surface area (Å²) in [5.41, 5.74) is 0. The minimum absolute atomic E-state index is 0.144. The topological polar surface area (TPSA) is 81.4 Å². The summed E-state index contributed by atoms with van der Waals surface area (Å²) >= 11 is 7.06. The molecule has 0 fully saturated rings. The van der Waals surface area contributed by atoms with Crippen LogP contribution in [0, 0.1) is 6.92 Å². The molecule has 0 aliphatic rings. The van der Waals surface area contributed by atoms with Crippen molar-refractivity contribution in [3.8, 4) is 0 Å². The van der Waals surface area contributed by atoms with Crippen molar-refractivity contribution in [1.29, 1.82) is 0 Å². The quantitative estimate of drug-likeness (QED) is 0.897. The zero-order valence-corrected chi connectivity index (χ0v) is 11.0. The first-order chi connectivity index (χ1) is 8.10. The summed E-state index contributed by atoms with van der Waals surface area (Å²) in [6.45, 7) is 1.87. The molecule has 0 aromatic carbocycles. The van der Waals surface area contributed by atoms with E-state index >= 15 is 0 Å². The first-order valence-electron chi connectivity index (χ1n) is 4.73. The van der Waals surface area contributed by atoms with Gasteiger partial charge in [-0.05, 0) is 30.3 Å². The summed E-state index contributed by atoms with van der Waals surface area (Å²) < 4.78 is 1.85. The summed E-state index contributed by atoms with van der Waals surface area (Å²) in [5.74, 6) is 1.24. The molecule has 0 aliphatic heterocycles. The molecule has 0 radical (unpaired) electrons. The second-order valence-electron chi connectivity index (χ2n) is 3.15. The molecule has 2 aromatic rings. The number of aryl methyl sites for hydroxylation is 1. The molecule has 2 aromatic heterocycles. The van der Waals surface area contributed by atoms with Crippen LogP contribution in [0.25, 0.3) is 0 Å². The Bertz CT molecular complexity index is 541. The Labute approximate surface area is 107 Å². The van der Waals surface area contributed by atoms with Crippen molar-refractivity contribution in [2.45, 2.75) is 17.2 Å². The van der Waals surface area contributed by atoms with Crippen molar-refractivity contribution in [3.63, 3.8) is 0 Å². The minimum Gasteiger partial charge on any atom is -0.357 e. The summed E-state index contributed by atoms with van der Waals surface area (Å²) in [6.07, 6.45) is 0. The lowest BCUT2D eigenvalue weighted by atomic mass is 10.7. The third-order valence-corrected chi connectivity index (χ3v) is 3.12. The Morgan fingerprint density at radius 3 is 2.59 bits per heavy atom. The number of halogens is 1. The fourth-order valence-corrected chi connectivity index (χ4v) is 2.04. The van der Waals surface area contributed by atoms with Crippen molar-refractivity contribution >= 4 is 29.3 Å². The van der Waals surface area contributed by atoms with Gasteiger partial charge in [0.25, 0.3) is 0 Å². The van der Waals surface area contributed by atoms with Crippen LogP contribution < -0.4 is 5.32 Å². The molecule has 0 amide bonds. The van der Waals surface area contributed by atoms with Crippen LogP contribution in [0.5, 0.6) is 0 Å². The van der Waals surface area contributed by atoms with Crippen LogP contribution in [-0.4, -0.2) is 36.8 Å². The van der Waals surface area contributed by atoms with E-state index in [4.69, 9.17) is 11.6 Å². The van der Waals surface area contributed by atoms with Gasteiger partial charge in [0.05, 0.1) is 0 Å². The Morgan fingerprint density at radius 2 is 2.00 bits per heavy atom. The molecule has 0 spiro atoms. The highest BCUT2D eigenvalue weighted by Crippen LogP contribution is 2.23. The second kappa shape index (κ2) is 4.84. The molecule has 2 rings (SSSR count). The number of rotatable bonds is 3. The summed E-state index contributed by atoms with van der Waals surface area (Å²) in [5, 5.41) is 12.1. The molecule has 0 unspecified atom stereocenters. The zero-order chi connectivity index (χ0) is 12.4. The van der Waals surface area contributed by atoms with Crippen LogP contribution in [0.3, 0.4) is 0 Å². The van der Waals surface area contributed by atoms with Gasteiger partial charge in [0.1, 0.15) is 5.82 Å². The second-order valence-corrected chi connectivity index (χ2v) is 4.42. The SMILES string of the molecule is CNc1nc(Cl)nc(Sc2nnc(C)n2C)n1. The van der Waals surface area contributed by atoms with Gasteiger partial charge in [-0.25, -0.2) is 0 Å². The molecule has 0 saturated carbocycles. The van der Waals surface area contributed by atoms with E-state index in [1.54, 1.807) is 7.05 Å². The third kappa shape index (κ3) is 2.64. The van der Waals surface area contributed by atoms with Crippen molar-refractivity contribution < 1.29 is 0 Å². The fraction of sp³-hybridized carbons (Fsp3) is 0.375. The molecular weight excluding hydrogens is 262 g/mol. The number of hydrogen-bond acceptors (Lipinski definition) is 7. The van der Waals surface area contributed by atoms with E-state index in [0.29, 0.717) is 16.3 Å². The van der Waals surface area contributed by atoms with E-state index in [2.05, 4.69) is 30.5 Å². The highest BCUT2D eigenvalue weighted by molar-refractivity contribution is 7.99. The fourth-order valence-electron chi connectivity index (χ4n) is 1.05. The molecule has 0 saturated heterocycles. The number of hydrogen-bond donors (Lipinski definition) is 1. The Kier molecular flexibility index (Phi) is 3.43. The van der Waals surface area contributed by atoms with Crippen LogP contribution in [0.4, 0.5) is 5.95 Å². The smallest absolute Gasteiger partial charge is 0.228 e. The van der Waals surface area contributed by atoms with Crippen LogP contribution in [0.2, 0.25) is 5.28 Å². The minimum atomic E-state index is 0.144. The van der Waals surface area contributed by atoms with Gasteiger partial charge in [-0.2, -0.15) is 15.0 Å². The van der Waals surface area contributed by atoms with Crippen molar-refractivity contribution in [1.82, 2.24) is 29.7 Å². The Morgan fingerprint density at radius 1 is 1.24 bits per heavy atom. The van der Waals surface area contributed by atoms with Gasteiger partial charge in [0, 0.05) is 14.1 Å². The molecule has 7 nitrogen and oxygen atoms in total. The predicted molar refractivity (Wildman–Crippen MR) is 64.2 cm³/mol. The predicted octanol–water partition coefficient (Wildman–Crippen LogP) is 1.15. The van der Waals surface area contributed by atoms with E-state index in [0.717, 1.165) is 5.82 Å². The number of anilines is 1. The van der Waals surface area contributed by atoms with Gasteiger partial charge < -0.3 is 9.88 Å². The Balaban J connectivity index is 2.29. The molecular formula is C8H10ClN7S. The van der Waals surface area contributed by atoms with Gasteiger partial charge in [-0.15, -0.1) is 10.2 Å². The van der Waals surface area contributed by atoms with E-state index < -0.39 is 0 Å². The average molecular weight is 272 g/mol. The van der Waals surface area contributed by atoms with E-state index in [1.807, 2.05) is 18.5 Å². The van der Waals surface area contributed by atoms with Crippen molar-refractivity contribution in [2.75, 3.05) is 12.4 Å². The van der Waals surface area contributed by atoms with Gasteiger partial charge in [-0.3, -0.25) is 0 Å². The molecule has 0 bridgehead atoms. The average Bonchev–Trinajstić information content (AvgIpc) is 2.60. The van der Waals surface area contributed by atoms with Gasteiger partial charge >= 0.3 is 0 Å². The molecule has 2 heterocycles. The summed E-state index contributed by atoms with van der Waals surface area (Å²) in [6, 6.07) is 0. The van der Waals surface area contributed by atoms with Crippen LogP contribution >= 0.6 is 23.4 Å². The van der Waals surface area contributed by atoms with Gasteiger partial charge in [0.15, 0.2) is 5.16 Å². The van der Waals surface area contributed by atoms with Crippen molar-refractivity contribution in [2.24, 2.45) is 7.05 Å². The highest BCUT2D eigenvalue weighted by Gasteiger charge is 2.11. The van der Waals surface area contributed by atoms with E-state index in [-0.39, 0.29) is 5.28 Å². The maximum atomic E-state index is 5.78. The molecule has 0 aliphatic carbocycles. The van der Waals surface area contributed by atoms with E-state index in [1.165, 1.54) is 11.8 Å². The monoisotopic (exact) mass is 271 g/mol. The first-order valence-corrected chi connectivity index (χ1v) is 5.92. The lowest BCUT2D eigenvalue weighted by Crippen LogP contribution is -2.01. The highest BCUT2D eigenvalue weighted by atomic mass is 35.5. The first kappa shape index (κ1) is 12.1. The number of aromatic nitrogens is 6. The van der Waals surface area contributed by atoms with Crippen LogP contribution in [-0.2, 0) is 7.05 Å². The molecule has 0 atom stereocenters. The molecule has 90 valence electrons. The number of nitrogens with zero attached hydrogens (tertiary/aromatic N) is 6. The maximum Gasteiger partial charge on any atom is 0.228 e. The van der Waals surface area contributed by atoms with E-state index in [9.17, 15) is 0 Å². The van der Waals surface area contributed by atoms with Crippen LogP contribution in [0.15, 0.2) is 10.3 Å². The summed E-state index contributed by atoms with van der Waals surface area (Å²) in [4.78, 5) is 12.1. The van der Waals surface area contributed by atoms with Crippen molar-refractivity contribution in [3.05, 3.63) is 11.1 Å². The molecule has 17 heavy (non-hydrogen) atoms. The number of nitrogens with one attached hydrogen (secondary N) is 1. The van der Waals surface area contributed by atoms with Crippen LogP contribution in [0.1, 0.15) is 5.82 Å². The normalized spacial score (nSPS) is 10.6. The lowest BCUT2D eigenvalue weighted by molar-refractivity contribution is 0.761. The molecule has 9 heteroatoms. The largest absolute Gasteiger partial charge is 0.357 e. The Hall–Kier alpha value is -1.41. The van der Waals surface area contributed by atoms with Gasteiger partial charge in [-0.1, -0.05) is 0 Å². The molecule has 1 N–H and O–H groups in total. The lowest BCUT2D eigenvalue weighted by Gasteiger charge is -2.02. The third-order valence-electron chi connectivity index (χ3n) is 2.05. The standard InChI is InChI=1S/C8H10ClN7S/c1-4-14-15-8(16(4)3)17-7-12-5(9)11-6(10-2)13-7/h1-3H3,(H,10,11,12,13). The summed E-state index contributed by atoms with van der Waals surface area (Å²) in [7, 11) is 3.59. The van der Waals surface area contributed by atoms with Gasteiger partial charge in [0.2, 0.25) is 16.4 Å². The maximum absolute atomic E-state index is 5.78. The zero-order valence-electron chi connectivity index (χ0n) is 9.47.